The number of nitrogens with zero attached hydrogens (tertiary/aromatic N) is 2. The van der Waals surface area contributed by atoms with E-state index in [0.717, 1.165) is 5.56 Å². The second-order valence-corrected chi connectivity index (χ2v) is 5.90. The normalized spacial score (nSPS) is 15.6. The van der Waals surface area contributed by atoms with Crippen molar-refractivity contribution in [3.8, 4) is 11.3 Å². The number of hydrogen-bond acceptors (Lipinski definition) is 3. The average Bonchev–Trinajstić information content (AvgIpc) is 3.23. The molecule has 3 aromatic rings. The molecule has 4 rings (SSSR count). The summed E-state index contributed by atoms with van der Waals surface area (Å²) in [6.07, 6.45) is 1.68. The predicted molar refractivity (Wildman–Crippen MR) is 99.1 cm³/mol. The Morgan fingerprint density at radius 1 is 1.00 bits per heavy atom. The number of carbonyl (C=O) groups excluding carboxylic acids is 1. The van der Waals surface area contributed by atoms with Gasteiger partial charge in [-0.2, -0.15) is 10.1 Å². The lowest BCUT2D eigenvalue weighted by molar-refractivity contribution is -0.114. The van der Waals surface area contributed by atoms with Gasteiger partial charge in [0.25, 0.3) is 5.91 Å². The molecule has 0 unspecified atom stereocenters. The molecule has 0 bridgehead atoms. The molecule has 0 spiro atoms. The number of benzene rings is 2. The lowest BCUT2D eigenvalue weighted by atomic mass is 10.1. The van der Waals surface area contributed by atoms with E-state index >= 15 is 0 Å². The number of halogens is 1. The van der Waals surface area contributed by atoms with Crippen molar-refractivity contribution < 1.29 is 13.6 Å². The monoisotopic (exact) mass is 346 g/mol. The van der Waals surface area contributed by atoms with Crippen molar-refractivity contribution in [1.82, 2.24) is 0 Å². The molecule has 0 fully saturated rings. The Hall–Kier alpha value is -3.47. The van der Waals surface area contributed by atoms with Crippen LogP contribution in [0.2, 0.25) is 0 Å². The molecular formula is C21H15FN2O2. The first kappa shape index (κ1) is 16.0. The Balaban J connectivity index is 1.62. The summed E-state index contributed by atoms with van der Waals surface area (Å²) in [5.41, 5.74) is 2.59. The molecule has 0 atom stereocenters. The summed E-state index contributed by atoms with van der Waals surface area (Å²) in [4.78, 5) is 12.7. The summed E-state index contributed by atoms with van der Waals surface area (Å²) in [5, 5.41) is 5.72. The standard InChI is InChI=1S/C21H15FN2O2/c1-14-19(21(25)24(23-14)17-5-3-2-4-6-17)13-18-11-12-20(26-18)15-7-9-16(22)10-8-15/h2-13H,1H3/b19-13-. The maximum absolute atomic E-state index is 13.0. The molecule has 5 heteroatoms. The van der Waals surface area contributed by atoms with Gasteiger partial charge in [-0.25, -0.2) is 4.39 Å². The largest absolute Gasteiger partial charge is 0.457 e. The number of para-hydroxylation sites is 1. The Kier molecular flexibility index (Phi) is 3.97. The first-order valence-electron chi connectivity index (χ1n) is 8.14. The number of rotatable bonds is 3. The second kappa shape index (κ2) is 6.44. The molecule has 0 radical (unpaired) electrons. The molecule has 1 aliphatic heterocycles. The molecule has 0 N–H and O–H groups in total. The molecule has 0 saturated heterocycles. The van der Waals surface area contributed by atoms with Crippen LogP contribution < -0.4 is 5.01 Å². The molecule has 2 aromatic carbocycles. The maximum atomic E-state index is 13.0. The highest BCUT2D eigenvalue weighted by atomic mass is 19.1. The summed E-state index contributed by atoms with van der Waals surface area (Å²) >= 11 is 0. The Labute approximate surface area is 149 Å². The van der Waals surface area contributed by atoms with E-state index in [-0.39, 0.29) is 11.7 Å². The van der Waals surface area contributed by atoms with Crippen molar-refractivity contribution in [2.75, 3.05) is 5.01 Å². The van der Waals surface area contributed by atoms with Gasteiger partial charge in [0.2, 0.25) is 0 Å². The third-order valence-corrected chi connectivity index (χ3v) is 4.11. The van der Waals surface area contributed by atoms with Gasteiger partial charge in [0.1, 0.15) is 17.3 Å². The van der Waals surface area contributed by atoms with Crippen LogP contribution in [0.4, 0.5) is 10.1 Å². The van der Waals surface area contributed by atoms with Gasteiger partial charge < -0.3 is 4.42 Å². The number of hydrogen-bond donors (Lipinski definition) is 0. The van der Waals surface area contributed by atoms with Gasteiger partial charge in [-0.15, -0.1) is 0 Å². The zero-order chi connectivity index (χ0) is 18.1. The lowest BCUT2D eigenvalue weighted by Gasteiger charge is -2.10. The van der Waals surface area contributed by atoms with E-state index in [9.17, 15) is 9.18 Å². The molecule has 1 aliphatic rings. The van der Waals surface area contributed by atoms with Crippen molar-refractivity contribution in [2.24, 2.45) is 5.10 Å². The van der Waals surface area contributed by atoms with E-state index in [1.54, 1.807) is 37.3 Å². The number of amides is 1. The van der Waals surface area contributed by atoms with Crippen molar-refractivity contribution in [1.29, 1.82) is 0 Å². The summed E-state index contributed by atoms with van der Waals surface area (Å²) in [5.74, 6) is 0.648. The molecule has 26 heavy (non-hydrogen) atoms. The van der Waals surface area contributed by atoms with E-state index in [2.05, 4.69) is 5.10 Å². The zero-order valence-electron chi connectivity index (χ0n) is 14.0. The second-order valence-electron chi connectivity index (χ2n) is 5.90. The molecule has 128 valence electrons. The molecular weight excluding hydrogens is 331 g/mol. The Morgan fingerprint density at radius 3 is 2.46 bits per heavy atom. The summed E-state index contributed by atoms with van der Waals surface area (Å²) in [6, 6.07) is 18.9. The Bertz CT molecular complexity index is 1020. The van der Waals surface area contributed by atoms with E-state index in [1.807, 2.05) is 30.3 Å². The highest BCUT2D eigenvalue weighted by molar-refractivity contribution is 6.32. The van der Waals surface area contributed by atoms with Crippen LogP contribution in [0.5, 0.6) is 0 Å². The smallest absolute Gasteiger partial charge is 0.280 e. The van der Waals surface area contributed by atoms with Gasteiger partial charge >= 0.3 is 0 Å². The van der Waals surface area contributed by atoms with Crippen LogP contribution in [0.1, 0.15) is 12.7 Å². The number of hydrazone groups is 1. The third-order valence-electron chi connectivity index (χ3n) is 4.11. The molecule has 1 amide bonds. The number of anilines is 1. The van der Waals surface area contributed by atoms with E-state index in [4.69, 9.17) is 4.42 Å². The first-order valence-corrected chi connectivity index (χ1v) is 8.14. The molecule has 4 nitrogen and oxygen atoms in total. The van der Waals surface area contributed by atoms with Crippen LogP contribution >= 0.6 is 0 Å². The van der Waals surface area contributed by atoms with Gasteiger partial charge in [-0.1, -0.05) is 18.2 Å². The Morgan fingerprint density at radius 2 is 1.73 bits per heavy atom. The molecule has 0 saturated carbocycles. The van der Waals surface area contributed by atoms with Gasteiger partial charge in [-0.05, 0) is 61.5 Å². The minimum absolute atomic E-state index is 0.201. The van der Waals surface area contributed by atoms with Crippen molar-refractivity contribution in [2.45, 2.75) is 6.92 Å². The summed E-state index contributed by atoms with van der Waals surface area (Å²) in [7, 11) is 0. The molecule has 0 aliphatic carbocycles. The fraction of sp³-hybridized carbons (Fsp3) is 0.0476. The minimum atomic E-state index is -0.299. The van der Waals surface area contributed by atoms with E-state index < -0.39 is 0 Å². The minimum Gasteiger partial charge on any atom is -0.457 e. The highest BCUT2D eigenvalue weighted by Gasteiger charge is 2.28. The highest BCUT2D eigenvalue weighted by Crippen LogP contribution is 2.27. The topological polar surface area (TPSA) is 45.8 Å². The maximum Gasteiger partial charge on any atom is 0.280 e. The fourth-order valence-corrected chi connectivity index (χ4v) is 2.77. The summed E-state index contributed by atoms with van der Waals surface area (Å²) < 4.78 is 18.8. The van der Waals surface area contributed by atoms with Crippen LogP contribution in [-0.4, -0.2) is 11.6 Å². The summed E-state index contributed by atoms with van der Waals surface area (Å²) in [6.45, 7) is 1.79. The van der Waals surface area contributed by atoms with Crippen LogP contribution in [0.25, 0.3) is 17.4 Å². The first-order chi connectivity index (χ1) is 12.6. The fourth-order valence-electron chi connectivity index (χ4n) is 2.77. The van der Waals surface area contributed by atoms with Crippen LogP contribution in [0, 0.1) is 5.82 Å². The van der Waals surface area contributed by atoms with Gasteiger partial charge in [-0.3, -0.25) is 4.79 Å². The van der Waals surface area contributed by atoms with Crippen molar-refractivity contribution >= 4 is 23.4 Å². The number of carbonyl (C=O) groups is 1. The van der Waals surface area contributed by atoms with Crippen LogP contribution in [-0.2, 0) is 4.79 Å². The SMILES string of the molecule is CC1=NN(c2ccccc2)C(=O)/C1=C\c1ccc(-c2ccc(F)cc2)o1. The number of furan rings is 1. The third kappa shape index (κ3) is 2.95. The van der Waals surface area contributed by atoms with Crippen molar-refractivity contribution in [3.63, 3.8) is 0 Å². The lowest BCUT2D eigenvalue weighted by Crippen LogP contribution is -2.21. The van der Waals surface area contributed by atoms with Gasteiger partial charge in [0.15, 0.2) is 0 Å². The predicted octanol–water partition coefficient (Wildman–Crippen LogP) is 4.89. The average molecular weight is 346 g/mol. The quantitative estimate of drug-likeness (QED) is 0.634. The van der Waals surface area contributed by atoms with Gasteiger partial charge in [0.05, 0.1) is 17.0 Å². The zero-order valence-corrected chi connectivity index (χ0v) is 14.0. The van der Waals surface area contributed by atoms with Crippen LogP contribution in [0.3, 0.4) is 0 Å². The molecule has 2 heterocycles. The molecule has 1 aromatic heterocycles. The van der Waals surface area contributed by atoms with Crippen LogP contribution in [0.15, 0.2) is 81.8 Å². The van der Waals surface area contributed by atoms with E-state index in [0.29, 0.717) is 28.5 Å². The van der Waals surface area contributed by atoms with Crippen molar-refractivity contribution in [3.05, 3.63) is 83.9 Å². The van der Waals surface area contributed by atoms with E-state index in [1.165, 1.54) is 17.1 Å². The van der Waals surface area contributed by atoms with Gasteiger partial charge in [0, 0.05) is 5.56 Å².